The van der Waals surface area contributed by atoms with Crippen molar-refractivity contribution in [2.45, 2.75) is 24.5 Å². The van der Waals surface area contributed by atoms with E-state index in [1.165, 1.54) is 23.9 Å². The van der Waals surface area contributed by atoms with E-state index in [0.717, 1.165) is 16.7 Å². The zero-order valence-electron chi connectivity index (χ0n) is 17.2. The molecule has 0 atom stereocenters. The number of hydrogen-bond donors (Lipinski definition) is 2. The van der Waals surface area contributed by atoms with Gasteiger partial charge in [-0.25, -0.2) is 8.42 Å². The number of halogens is 1. The summed E-state index contributed by atoms with van der Waals surface area (Å²) in [5.41, 5.74) is 4.12. The molecular formula is C23H23ClN2O3S2. The second kappa shape index (κ2) is 10.2. The van der Waals surface area contributed by atoms with E-state index in [-0.39, 0.29) is 16.6 Å². The second-order valence-corrected chi connectivity index (χ2v) is 10.1. The number of rotatable bonds is 8. The van der Waals surface area contributed by atoms with Gasteiger partial charge in [-0.1, -0.05) is 35.9 Å². The van der Waals surface area contributed by atoms with Gasteiger partial charge >= 0.3 is 0 Å². The molecule has 1 amide bonds. The summed E-state index contributed by atoms with van der Waals surface area (Å²) in [7, 11) is -3.72. The van der Waals surface area contributed by atoms with Crippen LogP contribution in [0.5, 0.6) is 0 Å². The summed E-state index contributed by atoms with van der Waals surface area (Å²) < 4.78 is 27.8. The maximum absolute atomic E-state index is 12.6. The van der Waals surface area contributed by atoms with Crippen LogP contribution in [0.4, 0.5) is 11.4 Å². The number of sulfonamides is 1. The lowest BCUT2D eigenvalue weighted by Gasteiger charge is -2.11. The Morgan fingerprint density at radius 3 is 2.29 bits per heavy atom. The molecule has 0 saturated heterocycles. The number of anilines is 2. The SMILES string of the molecule is Cc1ccc(NS(=O)(=O)c2ccc(NC(=O)CSCc3ccccc3Cl)cc2)cc1C. The Labute approximate surface area is 192 Å². The fraction of sp³-hybridized carbons (Fsp3) is 0.174. The summed E-state index contributed by atoms with van der Waals surface area (Å²) in [4.78, 5) is 12.3. The number of hydrogen-bond acceptors (Lipinski definition) is 4. The average Bonchev–Trinajstić information content (AvgIpc) is 2.72. The van der Waals surface area contributed by atoms with Gasteiger partial charge in [0.15, 0.2) is 0 Å². The maximum Gasteiger partial charge on any atom is 0.261 e. The molecule has 0 spiro atoms. The normalized spacial score (nSPS) is 11.2. The standard InChI is InChI=1S/C23H23ClN2O3S2/c1-16-7-8-20(13-17(16)2)26-31(28,29)21-11-9-19(10-12-21)25-23(27)15-30-14-18-5-3-4-6-22(18)24/h3-13,26H,14-15H2,1-2H3,(H,25,27). The molecule has 3 aromatic carbocycles. The Morgan fingerprint density at radius 1 is 0.935 bits per heavy atom. The summed E-state index contributed by atoms with van der Waals surface area (Å²) in [6.07, 6.45) is 0. The molecule has 2 N–H and O–H groups in total. The van der Waals surface area contributed by atoms with Crippen molar-refractivity contribution in [2.24, 2.45) is 0 Å². The number of thioether (sulfide) groups is 1. The van der Waals surface area contributed by atoms with Crippen molar-refractivity contribution in [1.29, 1.82) is 0 Å². The van der Waals surface area contributed by atoms with Gasteiger partial charge in [-0.15, -0.1) is 11.8 Å². The molecule has 0 aliphatic rings. The molecule has 0 radical (unpaired) electrons. The highest BCUT2D eigenvalue weighted by atomic mass is 35.5. The van der Waals surface area contributed by atoms with E-state index < -0.39 is 10.0 Å². The smallest absolute Gasteiger partial charge is 0.261 e. The Kier molecular flexibility index (Phi) is 7.64. The lowest BCUT2D eigenvalue weighted by Crippen LogP contribution is -2.15. The van der Waals surface area contributed by atoms with Gasteiger partial charge in [0.25, 0.3) is 10.0 Å². The molecule has 5 nitrogen and oxygen atoms in total. The summed E-state index contributed by atoms with van der Waals surface area (Å²) >= 11 is 7.57. The molecule has 8 heteroatoms. The van der Waals surface area contributed by atoms with Crippen LogP contribution in [-0.4, -0.2) is 20.1 Å². The summed E-state index contributed by atoms with van der Waals surface area (Å²) in [5, 5.41) is 3.46. The predicted molar refractivity (Wildman–Crippen MR) is 129 cm³/mol. The first-order chi connectivity index (χ1) is 14.7. The first kappa shape index (κ1) is 23.2. The molecule has 0 aliphatic carbocycles. The zero-order chi connectivity index (χ0) is 22.4. The van der Waals surface area contributed by atoms with Crippen LogP contribution in [0.2, 0.25) is 5.02 Å². The predicted octanol–water partition coefficient (Wildman–Crippen LogP) is 5.63. The molecule has 3 aromatic rings. The minimum absolute atomic E-state index is 0.122. The van der Waals surface area contributed by atoms with Crippen LogP contribution in [0.15, 0.2) is 71.6 Å². The van der Waals surface area contributed by atoms with E-state index in [2.05, 4.69) is 10.0 Å². The van der Waals surface area contributed by atoms with Gasteiger partial charge in [0.2, 0.25) is 5.91 Å². The highest BCUT2D eigenvalue weighted by molar-refractivity contribution is 7.99. The van der Waals surface area contributed by atoms with Crippen molar-refractivity contribution >= 4 is 50.7 Å². The number of nitrogens with one attached hydrogen (secondary N) is 2. The Morgan fingerprint density at radius 2 is 1.61 bits per heavy atom. The van der Waals surface area contributed by atoms with Crippen molar-refractivity contribution in [3.63, 3.8) is 0 Å². The van der Waals surface area contributed by atoms with Gasteiger partial charge < -0.3 is 5.32 Å². The van der Waals surface area contributed by atoms with Gasteiger partial charge in [-0.3, -0.25) is 9.52 Å². The summed E-state index contributed by atoms with van der Waals surface area (Å²) in [6.45, 7) is 3.90. The van der Waals surface area contributed by atoms with E-state index >= 15 is 0 Å². The largest absolute Gasteiger partial charge is 0.325 e. The van der Waals surface area contributed by atoms with E-state index in [9.17, 15) is 13.2 Å². The van der Waals surface area contributed by atoms with Crippen LogP contribution in [-0.2, 0) is 20.6 Å². The molecule has 162 valence electrons. The molecule has 0 heterocycles. The quantitative estimate of drug-likeness (QED) is 0.443. The van der Waals surface area contributed by atoms with Gasteiger partial charge in [-0.05, 0) is 73.0 Å². The third-order valence-corrected chi connectivity index (χ3v) is 7.40. The van der Waals surface area contributed by atoms with Gasteiger partial charge in [0, 0.05) is 22.2 Å². The number of amides is 1. The minimum atomic E-state index is -3.72. The van der Waals surface area contributed by atoms with Crippen LogP contribution in [0.25, 0.3) is 0 Å². The van der Waals surface area contributed by atoms with Crippen molar-refractivity contribution in [1.82, 2.24) is 0 Å². The van der Waals surface area contributed by atoms with Crippen LogP contribution < -0.4 is 10.0 Å². The Bertz CT molecular complexity index is 1180. The van der Waals surface area contributed by atoms with Gasteiger partial charge in [0.05, 0.1) is 10.6 Å². The fourth-order valence-corrected chi connectivity index (χ4v) is 4.97. The summed E-state index contributed by atoms with van der Waals surface area (Å²) in [5.74, 6) is 0.731. The molecule has 31 heavy (non-hydrogen) atoms. The minimum Gasteiger partial charge on any atom is -0.325 e. The molecule has 0 unspecified atom stereocenters. The molecule has 3 rings (SSSR count). The number of carbonyl (C=O) groups excluding carboxylic acids is 1. The topological polar surface area (TPSA) is 75.3 Å². The Hall–Kier alpha value is -2.48. The van der Waals surface area contributed by atoms with E-state index in [1.807, 2.05) is 44.2 Å². The fourth-order valence-electron chi connectivity index (χ4n) is 2.80. The van der Waals surface area contributed by atoms with Crippen LogP contribution in [0.3, 0.4) is 0 Å². The molecule has 0 fully saturated rings. The highest BCUT2D eigenvalue weighted by Gasteiger charge is 2.15. The molecule has 0 bridgehead atoms. The van der Waals surface area contributed by atoms with Crippen molar-refractivity contribution in [3.8, 4) is 0 Å². The van der Waals surface area contributed by atoms with Crippen LogP contribution in [0.1, 0.15) is 16.7 Å². The van der Waals surface area contributed by atoms with Crippen molar-refractivity contribution in [2.75, 3.05) is 15.8 Å². The lowest BCUT2D eigenvalue weighted by molar-refractivity contribution is -0.113. The maximum atomic E-state index is 12.6. The molecule has 0 saturated carbocycles. The van der Waals surface area contributed by atoms with Crippen LogP contribution in [0, 0.1) is 13.8 Å². The van der Waals surface area contributed by atoms with E-state index in [1.54, 1.807) is 24.3 Å². The number of carbonyl (C=O) groups is 1. The average molecular weight is 475 g/mol. The first-order valence-corrected chi connectivity index (χ1v) is 12.6. The van der Waals surface area contributed by atoms with Crippen molar-refractivity contribution in [3.05, 3.63) is 88.4 Å². The zero-order valence-corrected chi connectivity index (χ0v) is 19.6. The third kappa shape index (κ3) is 6.50. The summed E-state index contributed by atoms with van der Waals surface area (Å²) in [6, 6.07) is 19.0. The Balaban J connectivity index is 1.55. The molecular weight excluding hydrogens is 452 g/mol. The first-order valence-electron chi connectivity index (χ1n) is 9.56. The lowest BCUT2D eigenvalue weighted by atomic mass is 10.1. The van der Waals surface area contributed by atoms with Gasteiger partial charge in [-0.2, -0.15) is 0 Å². The number of benzene rings is 3. The second-order valence-electron chi connectivity index (χ2n) is 7.06. The van der Waals surface area contributed by atoms with Crippen LogP contribution >= 0.6 is 23.4 Å². The number of aryl methyl sites for hydroxylation is 2. The van der Waals surface area contributed by atoms with Crippen molar-refractivity contribution < 1.29 is 13.2 Å². The van der Waals surface area contributed by atoms with E-state index in [0.29, 0.717) is 22.2 Å². The van der Waals surface area contributed by atoms with Gasteiger partial charge in [0.1, 0.15) is 0 Å². The van der Waals surface area contributed by atoms with E-state index in [4.69, 9.17) is 11.6 Å². The molecule has 0 aromatic heterocycles. The third-order valence-electron chi connectivity index (χ3n) is 4.66. The monoisotopic (exact) mass is 474 g/mol. The molecule has 0 aliphatic heterocycles. The highest BCUT2D eigenvalue weighted by Crippen LogP contribution is 2.22.